The average Bonchev–Trinajstić information content (AvgIpc) is 2.90. The second kappa shape index (κ2) is 9.70. The maximum Gasteiger partial charge on any atom is 0.294 e. The van der Waals surface area contributed by atoms with E-state index >= 15 is 0 Å². The number of carbonyl (C=O) groups is 3. The number of hydrogen-bond acceptors (Lipinski definition) is 5. The molecule has 0 radical (unpaired) electrons. The van der Waals surface area contributed by atoms with Crippen molar-refractivity contribution >= 4 is 56.5 Å². The molecule has 0 saturated carbocycles. The summed E-state index contributed by atoms with van der Waals surface area (Å²) in [6, 6.07) is 11.1. The van der Waals surface area contributed by atoms with Crippen molar-refractivity contribution < 1.29 is 19.1 Å². The van der Waals surface area contributed by atoms with Gasteiger partial charge in [0.2, 0.25) is 5.91 Å². The molecule has 2 aromatic carbocycles. The van der Waals surface area contributed by atoms with Crippen LogP contribution in [0.15, 0.2) is 45.8 Å². The fraction of sp³-hybridized carbons (Fsp3) is 0.261. The first-order valence-electron chi connectivity index (χ1n) is 9.72. The van der Waals surface area contributed by atoms with Gasteiger partial charge in [-0.15, -0.1) is 0 Å². The number of thioether (sulfide) groups is 1. The Hall–Kier alpha value is -2.58. The Bertz CT molecular complexity index is 1060. The third-order valence-corrected chi connectivity index (χ3v) is 5.82. The Morgan fingerprint density at radius 1 is 1.16 bits per heavy atom. The molecule has 3 amide bonds. The van der Waals surface area contributed by atoms with Gasteiger partial charge in [-0.1, -0.05) is 12.1 Å². The fourth-order valence-electron chi connectivity index (χ4n) is 3.14. The molecular formula is C23H23BrN2O4S. The third kappa shape index (κ3) is 5.98. The van der Waals surface area contributed by atoms with E-state index in [2.05, 4.69) is 21.2 Å². The smallest absolute Gasteiger partial charge is 0.294 e. The number of rotatable bonds is 6. The molecule has 31 heavy (non-hydrogen) atoms. The van der Waals surface area contributed by atoms with Crippen LogP contribution >= 0.6 is 27.7 Å². The summed E-state index contributed by atoms with van der Waals surface area (Å²) < 4.78 is 6.44. The number of amides is 3. The summed E-state index contributed by atoms with van der Waals surface area (Å²) in [7, 11) is 0. The molecule has 2 aromatic rings. The predicted octanol–water partition coefficient (Wildman–Crippen LogP) is 5.53. The van der Waals surface area contributed by atoms with Gasteiger partial charge in [0.05, 0.1) is 15.5 Å². The number of halogens is 1. The maximum absolute atomic E-state index is 12.7. The van der Waals surface area contributed by atoms with Crippen LogP contribution in [-0.2, 0) is 9.59 Å². The molecule has 3 rings (SSSR count). The van der Waals surface area contributed by atoms with Gasteiger partial charge in [-0.3, -0.25) is 19.3 Å². The Balaban J connectivity index is 1.70. The van der Waals surface area contributed by atoms with Crippen LogP contribution in [0.25, 0.3) is 6.08 Å². The van der Waals surface area contributed by atoms with E-state index < -0.39 is 17.1 Å². The lowest BCUT2D eigenvalue weighted by Gasteiger charge is -2.13. The molecule has 1 heterocycles. The minimum absolute atomic E-state index is 0.0357. The lowest BCUT2D eigenvalue weighted by molar-refractivity contribution is -0.127. The van der Waals surface area contributed by atoms with Gasteiger partial charge >= 0.3 is 0 Å². The van der Waals surface area contributed by atoms with Gasteiger partial charge in [0.15, 0.2) is 0 Å². The highest BCUT2D eigenvalue weighted by Crippen LogP contribution is 2.34. The van der Waals surface area contributed by atoms with Gasteiger partial charge in [0.25, 0.3) is 11.1 Å². The summed E-state index contributed by atoms with van der Waals surface area (Å²) in [5, 5.41) is 2.28. The van der Waals surface area contributed by atoms with E-state index in [0.29, 0.717) is 11.4 Å². The van der Waals surface area contributed by atoms with Gasteiger partial charge in [-0.2, -0.15) is 0 Å². The topological polar surface area (TPSA) is 75.7 Å². The highest BCUT2D eigenvalue weighted by molar-refractivity contribution is 9.10. The molecule has 1 aliphatic heterocycles. The van der Waals surface area contributed by atoms with Crippen LogP contribution in [0.1, 0.15) is 30.5 Å². The summed E-state index contributed by atoms with van der Waals surface area (Å²) in [4.78, 5) is 38.7. The van der Waals surface area contributed by atoms with Crippen molar-refractivity contribution in [3.05, 3.63) is 62.5 Å². The van der Waals surface area contributed by atoms with Crippen molar-refractivity contribution in [2.75, 3.05) is 11.9 Å². The van der Waals surface area contributed by atoms with Gasteiger partial charge < -0.3 is 10.1 Å². The number of nitrogens with zero attached hydrogens (tertiary/aromatic N) is 1. The van der Waals surface area contributed by atoms with Crippen LogP contribution in [0, 0.1) is 13.8 Å². The largest absolute Gasteiger partial charge is 0.490 e. The Morgan fingerprint density at radius 2 is 1.84 bits per heavy atom. The summed E-state index contributed by atoms with van der Waals surface area (Å²) in [6.45, 7) is 7.41. The summed E-state index contributed by atoms with van der Waals surface area (Å²) in [5.74, 6) is -0.209. The second-order valence-corrected chi connectivity index (χ2v) is 9.40. The van der Waals surface area contributed by atoms with E-state index in [1.807, 2.05) is 58.0 Å². The summed E-state index contributed by atoms with van der Waals surface area (Å²) >= 11 is 4.28. The van der Waals surface area contributed by atoms with Gasteiger partial charge in [-0.05, 0) is 102 Å². The SMILES string of the molecule is Cc1cc(C)cc(NC(=O)CN2C(=O)S/C(=C\c3ccc(OC(C)C)c(Br)c3)C2=O)c1. The zero-order valence-corrected chi connectivity index (χ0v) is 20.1. The number of anilines is 1. The third-order valence-electron chi connectivity index (χ3n) is 4.30. The van der Waals surface area contributed by atoms with Crippen molar-refractivity contribution in [3.8, 4) is 5.75 Å². The molecular weight excluding hydrogens is 480 g/mol. The van der Waals surface area contributed by atoms with Crippen LogP contribution < -0.4 is 10.1 Å². The molecule has 1 fully saturated rings. The molecule has 0 atom stereocenters. The quantitative estimate of drug-likeness (QED) is 0.525. The number of aryl methyl sites for hydroxylation is 2. The highest BCUT2D eigenvalue weighted by atomic mass is 79.9. The minimum Gasteiger partial charge on any atom is -0.490 e. The molecule has 0 bridgehead atoms. The molecule has 0 aromatic heterocycles. The van der Waals surface area contributed by atoms with Crippen molar-refractivity contribution in [1.29, 1.82) is 0 Å². The van der Waals surface area contributed by atoms with E-state index in [-0.39, 0.29) is 17.6 Å². The fourth-order valence-corrected chi connectivity index (χ4v) is 4.46. The minimum atomic E-state index is -0.482. The molecule has 0 aliphatic carbocycles. The second-order valence-electron chi connectivity index (χ2n) is 7.55. The maximum atomic E-state index is 12.7. The van der Waals surface area contributed by atoms with Crippen LogP contribution in [0.4, 0.5) is 10.5 Å². The van der Waals surface area contributed by atoms with Crippen LogP contribution in [0.2, 0.25) is 0 Å². The summed E-state index contributed by atoms with van der Waals surface area (Å²) in [6.07, 6.45) is 1.67. The van der Waals surface area contributed by atoms with Crippen LogP contribution in [0.3, 0.4) is 0 Å². The Morgan fingerprint density at radius 3 is 2.45 bits per heavy atom. The van der Waals surface area contributed by atoms with Gasteiger partial charge in [-0.25, -0.2) is 0 Å². The lowest BCUT2D eigenvalue weighted by atomic mass is 10.1. The molecule has 0 spiro atoms. The normalized spacial score (nSPS) is 15.2. The van der Waals surface area contributed by atoms with E-state index in [4.69, 9.17) is 4.74 Å². The molecule has 6 nitrogen and oxygen atoms in total. The van der Waals surface area contributed by atoms with Gasteiger partial charge in [0.1, 0.15) is 12.3 Å². The number of hydrogen-bond donors (Lipinski definition) is 1. The number of nitrogens with one attached hydrogen (secondary N) is 1. The van der Waals surface area contributed by atoms with E-state index in [9.17, 15) is 14.4 Å². The van der Waals surface area contributed by atoms with Crippen molar-refractivity contribution in [2.24, 2.45) is 0 Å². The van der Waals surface area contributed by atoms with E-state index in [1.54, 1.807) is 12.1 Å². The lowest BCUT2D eigenvalue weighted by Crippen LogP contribution is -2.36. The molecule has 162 valence electrons. The monoisotopic (exact) mass is 502 g/mol. The van der Waals surface area contributed by atoms with E-state index in [1.165, 1.54) is 0 Å². The van der Waals surface area contributed by atoms with Gasteiger partial charge in [0, 0.05) is 5.69 Å². The molecule has 8 heteroatoms. The Labute approximate surface area is 194 Å². The average molecular weight is 503 g/mol. The van der Waals surface area contributed by atoms with Crippen molar-refractivity contribution in [2.45, 2.75) is 33.8 Å². The molecule has 1 N–H and O–H groups in total. The number of ether oxygens (including phenoxy) is 1. The predicted molar refractivity (Wildman–Crippen MR) is 127 cm³/mol. The van der Waals surface area contributed by atoms with Crippen molar-refractivity contribution in [3.63, 3.8) is 0 Å². The highest BCUT2D eigenvalue weighted by Gasteiger charge is 2.36. The Kier molecular flexibility index (Phi) is 7.23. The molecule has 1 aliphatic rings. The standard InChI is InChI=1S/C23H23BrN2O4S/c1-13(2)30-19-6-5-16(10-18(19)24)11-20-22(28)26(23(29)31-20)12-21(27)25-17-8-14(3)7-15(4)9-17/h5-11,13H,12H2,1-4H3,(H,25,27)/b20-11-. The first-order valence-corrected chi connectivity index (χ1v) is 11.3. The van der Waals surface area contributed by atoms with Crippen molar-refractivity contribution in [1.82, 2.24) is 4.90 Å². The number of benzene rings is 2. The zero-order chi connectivity index (χ0) is 22.7. The summed E-state index contributed by atoms with van der Waals surface area (Å²) in [5.41, 5.74) is 3.41. The number of carbonyl (C=O) groups excluding carboxylic acids is 3. The van der Waals surface area contributed by atoms with Crippen LogP contribution in [0.5, 0.6) is 5.75 Å². The van der Waals surface area contributed by atoms with Crippen LogP contribution in [-0.4, -0.2) is 34.6 Å². The first kappa shape index (κ1) is 23.1. The molecule has 0 unspecified atom stereocenters. The molecule has 1 saturated heterocycles. The first-order chi connectivity index (χ1) is 14.6. The zero-order valence-electron chi connectivity index (χ0n) is 17.7. The number of imide groups is 1. The van der Waals surface area contributed by atoms with E-state index in [0.717, 1.165) is 37.8 Å².